The third-order valence-electron chi connectivity index (χ3n) is 2.41. The summed E-state index contributed by atoms with van der Waals surface area (Å²) in [7, 11) is 0. The fourth-order valence-electron chi connectivity index (χ4n) is 1.49. The number of hydrogen-bond acceptors (Lipinski definition) is 3. The number of hydrogen-bond donors (Lipinski definition) is 1. The van der Waals surface area contributed by atoms with Crippen molar-refractivity contribution in [2.45, 2.75) is 13.0 Å². The van der Waals surface area contributed by atoms with Crippen molar-refractivity contribution >= 4 is 28.6 Å². The topological polar surface area (TPSA) is 35.2 Å². The van der Waals surface area contributed by atoms with Crippen LogP contribution in [0.15, 0.2) is 35.7 Å². The molecule has 1 aromatic carbocycles. The maximum Gasteiger partial charge on any atom is 0.0731 e. The molecule has 2 N–H and O–H groups in total. The van der Waals surface area contributed by atoms with Gasteiger partial charge in [0.25, 0.3) is 0 Å². The fourth-order valence-corrected chi connectivity index (χ4v) is 2.42. The number of ether oxygens (including phenoxy) is 1. The van der Waals surface area contributed by atoms with Crippen LogP contribution in [0.2, 0.25) is 5.02 Å². The molecule has 0 atom stereocenters. The van der Waals surface area contributed by atoms with E-state index in [4.69, 9.17) is 22.1 Å². The minimum absolute atomic E-state index is 0.532. The third-order valence-corrected chi connectivity index (χ3v) is 3.70. The zero-order valence-electron chi connectivity index (χ0n) is 9.36. The summed E-state index contributed by atoms with van der Waals surface area (Å²) >= 11 is 7.80. The van der Waals surface area contributed by atoms with Gasteiger partial charge in [0.2, 0.25) is 0 Å². The van der Waals surface area contributed by atoms with Gasteiger partial charge in [-0.05, 0) is 29.1 Å². The van der Waals surface area contributed by atoms with Gasteiger partial charge in [0.15, 0.2) is 0 Å². The molecule has 0 saturated heterocycles. The number of anilines is 1. The van der Waals surface area contributed by atoms with Crippen molar-refractivity contribution in [1.29, 1.82) is 0 Å². The Bertz CT molecular complexity index is 470. The van der Waals surface area contributed by atoms with Gasteiger partial charge in [-0.15, -0.1) is 11.3 Å². The highest BCUT2D eigenvalue weighted by atomic mass is 35.5. The molecule has 1 heterocycles. The fraction of sp³-hybridized carbons (Fsp3) is 0.231. The van der Waals surface area contributed by atoms with Crippen LogP contribution in [-0.4, -0.2) is 6.61 Å². The molecule has 0 fully saturated rings. The van der Waals surface area contributed by atoms with Crippen LogP contribution in [0.25, 0.3) is 0 Å². The first-order valence-electron chi connectivity index (χ1n) is 5.40. The molecule has 2 aromatic rings. The highest BCUT2D eigenvalue weighted by Gasteiger charge is 2.01. The Morgan fingerprint density at radius 3 is 2.88 bits per heavy atom. The molecule has 0 aliphatic rings. The predicted octanol–water partition coefficient (Wildman–Crippen LogP) is 3.74. The number of rotatable bonds is 5. The molecule has 1 aromatic heterocycles. The van der Waals surface area contributed by atoms with Crippen LogP contribution in [0.5, 0.6) is 0 Å². The molecule has 0 spiro atoms. The van der Waals surface area contributed by atoms with E-state index in [1.807, 2.05) is 12.1 Å². The Hall–Kier alpha value is -1.03. The molecule has 0 bridgehead atoms. The number of nitrogen functional groups attached to an aromatic ring is 1. The van der Waals surface area contributed by atoms with Crippen LogP contribution >= 0.6 is 22.9 Å². The maximum atomic E-state index is 6.05. The molecule has 4 heteroatoms. The first-order valence-corrected chi connectivity index (χ1v) is 6.65. The molecule has 0 unspecified atom stereocenters. The maximum absolute atomic E-state index is 6.05. The standard InChI is InChI=1S/C13H14ClNOS/c14-13-8-11(15)4-3-10(13)9-16-6-5-12-2-1-7-17-12/h1-4,7-8H,5-6,9,15H2. The Balaban J connectivity index is 1.78. The lowest BCUT2D eigenvalue weighted by Crippen LogP contribution is -1.99. The van der Waals surface area contributed by atoms with Gasteiger partial charge < -0.3 is 10.5 Å². The average molecular weight is 268 g/mol. The first-order chi connectivity index (χ1) is 8.25. The van der Waals surface area contributed by atoms with E-state index < -0.39 is 0 Å². The Labute approximate surface area is 110 Å². The van der Waals surface area contributed by atoms with Gasteiger partial charge >= 0.3 is 0 Å². The van der Waals surface area contributed by atoms with Gasteiger partial charge in [0.05, 0.1) is 13.2 Å². The summed E-state index contributed by atoms with van der Waals surface area (Å²) in [5, 5.41) is 2.74. The van der Waals surface area contributed by atoms with Gasteiger partial charge in [-0.1, -0.05) is 23.7 Å². The number of benzene rings is 1. The van der Waals surface area contributed by atoms with Gasteiger partial charge in [-0.2, -0.15) is 0 Å². The van der Waals surface area contributed by atoms with Crippen molar-refractivity contribution in [3.63, 3.8) is 0 Å². The van der Waals surface area contributed by atoms with Gasteiger partial charge in [-0.25, -0.2) is 0 Å². The van der Waals surface area contributed by atoms with E-state index in [1.165, 1.54) is 4.88 Å². The van der Waals surface area contributed by atoms with Gasteiger partial charge in [0, 0.05) is 22.0 Å². The summed E-state index contributed by atoms with van der Waals surface area (Å²) in [5.41, 5.74) is 7.28. The summed E-state index contributed by atoms with van der Waals surface area (Å²) in [5.74, 6) is 0. The SMILES string of the molecule is Nc1ccc(COCCc2cccs2)c(Cl)c1. The summed E-state index contributed by atoms with van der Waals surface area (Å²) in [6.07, 6.45) is 0.949. The molecule has 90 valence electrons. The second-order valence-electron chi connectivity index (χ2n) is 3.73. The van der Waals surface area contributed by atoms with Crippen LogP contribution in [0, 0.1) is 0 Å². The average Bonchev–Trinajstić information content (AvgIpc) is 2.79. The van der Waals surface area contributed by atoms with E-state index in [2.05, 4.69) is 17.5 Å². The van der Waals surface area contributed by atoms with Crippen molar-refractivity contribution in [1.82, 2.24) is 0 Å². The molecule has 2 nitrogen and oxygen atoms in total. The van der Waals surface area contributed by atoms with Gasteiger partial charge in [-0.3, -0.25) is 0 Å². The normalized spacial score (nSPS) is 10.6. The Kier molecular flexibility index (Phi) is 4.42. The van der Waals surface area contributed by atoms with Crippen LogP contribution in [0.3, 0.4) is 0 Å². The largest absolute Gasteiger partial charge is 0.399 e. The number of thiophene rings is 1. The van der Waals surface area contributed by atoms with Crippen molar-refractivity contribution in [3.8, 4) is 0 Å². The lowest BCUT2D eigenvalue weighted by atomic mass is 10.2. The van der Waals surface area contributed by atoms with Crippen LogP contribution in [0.1, 0.15) is 10.4 Å². The van der Waals surface area contributed by atoms with Crippen LogP contribution < -0.4 is 5.73 Å². The van der Waals surface area contributed by atoms with E-state index in [0.717, 1.165) is 12.0 Å². The molecule has 0 amide bonds. The lowest BCUT2D eigenvalue weighted by Gasteiger charge is -2.06. The number of halogens is 1. The second-order valence-corrected chi connectivity index (χ2v) is 5.17. The van der Waals surface area contributed by atoms with E-state index in [9.17, 15) is 0 Å². The summed E-state index contributed by atoms with van der Waals surface area (Å²) in [6, 6.07) is 9.66. The Morgan fingerprint density at radius 1 is 1.29 bits per heavy atom. The van der Waals surface area contributed by atoms with Crippen molar-refractivity contribution < 1.29 is 4.74 Å². The molecule has 17 heavy (non-hydrogen) atoms. The third kappa shape index (κ3) is 3.73. The molecular weight excluding hydrogens is 254 g/mol. The highest BCUT2D eigenvalue weighted by molar-refractivity contribution is 7.09. The zero-order valence-corrected chi connectivity index (χ0v) is 10.9. The van der Waals surface area contributed by atoms with E-state index in [-0.39, 0.29) is 0 Å². The lowest BCUT2D eigenvalue weighted by molar-refractivity contribution is 0.124. The molecule has 0 aliphatic heterocycles. The smallest absolute Gasteiger partial charge is 0.0731 e. The molecule has 0 aliphatic carbocycles. The predicted molar refractivity (Wildman–Crippen MR) is 73.5 cm³/mol. The number of nitrogens with two attached hydrogens (primary N) is 1. The van der Waals surface area contributed by atoms with Crippen molar-refractivity contribution in [2.24, 2.45) is 0 Å². The quantitative estimate of drug-likeness (QED) is 0.662. The monoisotopic (exact) mass is 267 g/mol. The van der Waals surface area contributed by atoms with E-state index >= 15 is 0 Å². The first kappa shape index (κ1) is 12.4. The second kappa shape index (κ2) is 6.05. The molecule has 0 saturated carbocycles. The van der Waals surface area contributed by atoms with Crippen molar-refractivity contribution in [3.05, 3.63) is 51.2 Å². The highest BCUT2D eigenvalue weighted by Crippen LogP contribution is 2.20. The zero-order chi connectivity index (χ0) is 12.1. The minimum atomic E-state index is 0.532. The Morgan fingerprint density at radius 2 is 2.18 bits per heavy atom. The van der Waals surface area contributed by atoms with Crippen LogP contribution in [0.4, 0.5) is 5.69 Å². The van der Waals surface area contributed by atoms with Gasteiger partial charge in [0.1, 0.15) is 0 Å². The van der Waals surface area contributed by atoms with Crippen LogP contribution in [-0.2, 0) is 17.8 Å². The minimum Gasteiger partial charge on any atom is -0.399 e. The molecular formula is C13H14ClNOS. The summed E-state index contributed by atoms with van der Waals surface area (Å²) in [6.45, 7) is 1.24. The summed E-state index contributed by atoms with van der Waals surface area (Å²) < 4.78 is 5.60. The van der Waals surface area contributed by atoms with Crippen molar-refractivity contribution in [2.75, 3.05) is 12.3 Å². The summed E-state index contributed by atoms with van der Waals surface area (Å²) in [4.78, 5) is 1.34. The van der Waals surface area contributed by atoms with E-state index in [0.29, 0.717) is 23.9 Å². The van der Waals surface area contributed by atoms with E-state index in [1.54, 1.807) is 17.4 Å². The molecule has 0 radical (unpaired) electrons. The molecule has 2 rings (SSSR count).